The van der Waals surface area contributed by atoms with Crippen LogP contribution in [0, 0.1) is 13.8 Å². The molecule has 26 heavy (non-hydrogen) atoms. The fraction of sp³-hybridized carbons (Fsp3) is 0.364. The lowest BCUT2D eigenvalue weighted by atomic mass is 9.89. The first-order valence-electron chi connectivity index (χ1n) is 9.29. The van der Waals surface area contributed by atoms with Gasteiger partial charge in [-0.1, -0.05) is 49.2 Å². The molecule has 1 aliphatic carbocycles. The van der Waals surface area contributed by atoms with E-state index in [0.717, 1.165) is 36.8 Å². The molecule has 0 saturated heterocycles. The van der Waals surface area contributed by atoms with Crippen LogP contribution in [0.3, 0.4) is 0 Å². The molecule has 2 N–H and O–H groups in total. The van der Waals surface area contributed by atoms with Gasteiger partial charge in [-0.2, -0.15) is 0 Å². The molecule has 4 heteroatoms. The largest absolute Gasteiger partial charge is 0.347 e. The Morgan fingerprint density at radius 1 is 0.731 bits per heavy atom. The summed E-state index contributed by atoms with van der Waals surface area (Å²) < 4.78 is 0. The maximum atomic E-state index is 12.7. The Bertz CT molecular complexity index is 733. The van der Waals surface area contributed by atoms with Gasteiger partial charge < -0.3 is 10.6 Å². The van der Waals surface area contributed by atoms with E-state index in [1.54, 1.807) is 0 Å². The van der Waals surface area contributed by atoms with Gasteiger partial charge in [-0.15, -0.1) is 0 Å². The van der Waals surface area contributed by atoms with E-state index in [9.17, 15) is 9.59 Å². The number of hydrogen-bond donors (Lipinski definition) is 2. The van der Waals surface area contributed by atoms with Gasteiger partial charge in [0.2, 0.25) is 0 Å². The van der Waals surface area contributed by atoms with Crippen molar-refractivity contribution < 1.29 is 9.59 Å². The molecule has 2 aromatic carbocycles. The average molecular weight is 350 g/mol. The van der Waals surface area contributed by atoms with Crippen LogP contribution in [0.1, 0.15) is 57.5 Å². The summed E-state index contributed by atoms with van der Waals surface area (Å²) in [7, 11) is 0. The molecule has 0 heterocycles. The van der Waals surface area contributed by atoms with Gasteiger partial charge in [0.15, 0.2) is 0 Å². The standard InChI is InChI=1S/C22H26N2O2/c1-15-9-3-5-11-17(15)21(25)23-19-13-7-8-14-20(19)24-22(26)18-12-6-4-10-16(18)2/h3-6,9-12,19-20H,7-8,13-14H2,1-2H3,(H,23,25)(H,24,26)/t19-,20-/m0/s1. The third kappa shape index (κ3) is 4.13. The third-order valence-corrected chi connectivity index (χ3v) is 5.18. The zero-order valence-corrected chi connectivity index (χ0v) is 15.4. The Morgan fingerprint density at radius 2 is 1.12 bits per heavy atom. The Hall–Kier alpha value is -2.62. The molecule has 0 unspecified atom stereocenters. The van der Waals surface area contributed by atoms with Crippen LogP contribution >= 0.6 is 0 Å². The molecule has 1 saturated carbocycles. The minimum Gasteiger partial charge on any atom is -0.347 e. The van der Waals surface area contributed by atoms with Gasteiger partial charge in [-0.05, 0) is 49.9 Å². The number of benzene rings is 2. The summed E-state index contributed by atoms with van der Waals surface area (Å²) in [6.45, 7) is 3.88. The third-order valence-electron chi connectivity index (χ3n) is 5.18. The van der Waals surface area contributed by atoms with Gasteiger partial charge in [0, 0.05) is 23.2 Å². The highest BCUT2D eigenvalue weighted by Gasteiger charge is 2.28. The number of carbonyl (C=O) groups is 2. The fourth-order valence-corrected chi connectivity index (χ4v) is 3.62. The molecule has 0 aromatic heterocycles. The Labute approximate surface area is 155 Å². The van der Waals surface area contributed by atoms with Crippen molar-refractivity contribution in [1.29, 1.82) is 0 Å². The predicted molar refractivity (Wildman–Crippen MR) is 103 cm³/mol. The number of rotatable bonds is 4. The summed E-state index contributed by atoms with van der Waals surface area (Å²) in [6, 6.07) is 15.1. The van der Waals surface area contributed by atoms with E-state index in [1.165, 1.54) is 0 Å². The van der Waals surface area contributed by atoms with Crippen molar-refractivity contribution in [3.63, 3.8) is 0 Å². The van der Waals surface area contributed by atoms with E-state index < -0.39 is 0 Å². The smallest absolute Gasteiger partial charge is 0.251 e. The number of amides is 2. The second kappa shape index (κ2) is 8.17. The maximum Gasteiger partial charge on any atom is 0.251 e. The van der Waals surface area contributed by atoms with Gasteiger partial charge in [0.25, 0.3) is 11.8 Å². The van der Waals surface area contributed by atoms with Crippen molar-refractivity contribution in [2.45, 2.75) is 51.6 Å². The molecule has 1 fully saturated rings. The van der Waals surface area contributed by atoms with Crippen LogP contribution in [0.2, 0.25) is 0 Å². The number of nitrogens with one attached hydrogen (secondary N) is 2. The molecule has 2 atom stereocenters. The van der Waals surface area contributed by atoms with E-state index in [1.807, 2.05) is 62.4 Å². The molecule has 2 aromatic rings. The highest BCUT2D eigenvalue weighted by molar-refractivity contribution is 5.97. The van der Waals surface area contributed by atoms with Crippen molar-refractivity contribution >= 4 is 11.8 Å². The Balaban J connectivity index is 1.70. The second-order valence-electron chi connectivity index (χ2n) is 7.07. The molecular formula is C22H26N2O2. The molecule has 3 rings (SSSR count). The van der Waals surface area contributed by atoms with Crippen LogP contribution in [0.25, 0.3) is 0 Å². The summed E-state index contributed by atoms with van der Waals surface area (Å²) in [6.07, 6.45) is 3.90. The van der Waals surface area contributed by atoms with E-state index in [2.05, 4.69) is 10.6 Å². The van der Waals surface area contributed by atoms with Crippen molar-refractivity contribution in [3.05, 3.63) is 70.8 Å². The van der Waals surface area contributed by atoms with Gasteiger partial charge in [-0.3, -0.25) is 9.59 Å². The lowest BCUT2D eigenvalue weighted by molar-refractivity contribution is 0.0862. The quantitative estimate of drug-likeness (QED) is 0.882. The van der Waals surface area contributed by atoms with Crippen molar-refractivity contribution in [3.8, 4) is 0 Å². The minimum atomic E-state index is -0.0647. The lowest BCUT2D eigenvalue weighted by Gasteiger charge is -2.33. The normalized spacial score (nSPS) is 19.6. The summed E-state index contributed by atoms with van der Waals surface area (Å²) in [5.74, 6) is -0.129. The fourth-order valence-electron chi connectivity index (χ4n) is 3.62. The maximum absolute atomic E-state index is 12.7. The van der Waals surface area contributed by atoms with Crippen LogP contribution in [-0.2, 0) is 0 Å². The molecule has 4 nitrogen and oxygen atoms in total. The van der Waals surface area contributed by atoms with Crippen LogP contribution in [0.15, 0.2) is 48.5 Å². The van der Waals surface area contributed by atoms with Crippen molar-refractivity contribution in [1.82, 2.24) is 10.6 Å². The highest BCUT2D eigenvalue weighted by Crippen LogP contribution is 2.20. The highest BCUT2D eigenvalue weighted by atomic mass is 16.2. The zero-order chi connectivity index (χ0) is 18.5. The van der Waals surface area contributed by atoms with E-state index >= 15 is 0 Å². The lowest BCUT2D eigenvalue weighted by Crippen LogP contribution is -2.53. The summed E-state index contributed by atoms with van der Waals surface area (Å²) in [5, 5.41) is 6.29. The monoisotopic (exact) mass is 350 g/mol. The summed E-state index contributed by atoms with van der Waals surface area (Å²) in [4.78, 5) is 25.3. The van der Waals surface area contributed by atoms with Crippen LogP contribution in [0.5, 0.6) is 0 Å². The van der Waals surface area contributed by atoms with Gasteiger partial charge >= 0.3 is 0 Å². The van der Waals surface area contributed by atoms with E-state index in [-0.39, 0.29) is 23.9 Å². The molecule has 0 spiro atoms. The van der Waals surface area contributed by atoms with Crippen LogP contribution < -0.4 is 10.6 Å². The first kappa shape index (κ1) is 18.2. The molecular weight excluding hydrogens is 324 g/mol. The molecule has 0 radical (unpaired) electrons. The average Bonchev–Trinajstić information content (AvgIpc) is 2.64. The summed E-state index contributed by atoms with van der Waals surface area (Å²) in [5.41, 5.74) is 3.31. The second-order valence-corrected chi connectivity index (χ2v) is 7.07. The molecule has 0 aliphatic heterocycles. The Kier molecular flexibility index (Phi) is 5.71. The van der Waals surface area contributed by atoms with Crippen molar-refractivity contribution in [2.24, 2.45) is 0 Å². The first-order chi connectivity index (χ1) is 12.6. The Morgan fingerprint density at radius 3 is 1.50 bits per heavy atom. The SMILES string of the molecule is Cc1ccccc1C(=O)N[C@H]1CCCC[C@@H]1NC(=O)c1ccccc1C. The predicted octanol–water partition coefficient (Wildman–Crippen LogP) is 3.77. The first-order valence-corrected chi connectivity index (χ1v) is 9.29. The van der Waals surface area contributed by atoms with Gasteiger partial charge in [0.1, 0.15) is 0 Å². The van der Waals surface area contributed by atoms with Gasteiger partial charge in [-0.25, -0.2) is 0 Å². The minimum absolute atomic E-state index is 0.0381. The topological polar surface area (TPSA) is 58.2 Å². The molecule has 0 bridgehead atoms. The number of carbonyl (C=O) groups excluding carboxylic acids is 2. The van der Waals surface area contributed by atoms with E-state index in [0.29, 0.717) is 11.1 Å². The molecule has 136 valence electrons. The van der Waals surface area contributed by atoms with Crippen LogP contribution in [-0.4, -0.2) is 23.9 Å². The van der Waals surface area contributed by atoms with Gasteiger partial charge in [0.05, 0.1) is 0 Å². The number of hydrogen-bond acceptors (Lipinski definition) is 2. The number of aryl methyl sites for hydroxylation is 2. The molecule has 1 aliphatic rings. The summed E-state index contributed by atoms with van der Waals surface area (Å²) >= 11 is 0. The van der Waals surface area contributed by atoms with E-state index in [4.69, 9.17) is 0 Å². The van der Waals surface area contributed by atoms with Crippen molar-refractivity contribution in [2.75, 3.05) is 0 Å². The van der Waals surface area contributed by atoms with Crippen LogP contribution in [0.4, 0.5) is 0 Å². The molecule has 2 amide bonds. The zero-order valence-electron chi connectivity index (χ0n) is 15.4.